The molecule has 0 aliphatic heterocycles. The van der Waals surface area contributed by atoms with E-state index in [1.54, 1.807) is 0 Å². The van der Waals surface area contributed by atoms with Crippen molar-refractivity contribution in [1.82, 2.24) is 10.2 Å². The van der Waals surface area contributed by atoms with Gasteiger partial charge in [-0.25, -0.2) is 0 Å². The predicted molar refractivity (Wildman–Crippen MR) is 78.4 cm³/mol. The standard InChI is InChI=1S/C13H15BrN2OS/c1-9(2)7-18-8-12-15-16-13(17-12)10-5-3-4-6-11(10)14/h3-6,9H,7-8H2,1-2H3. The second-order valence-electron chi connectivity index (χ2n) is 4.39. The summed E-state index contributed by atoms with van der Waals surface area (Å²) in [4.78, 5) is 0. The maximum Gasteiger partial charge on any atom is 0.248 e. The van der Waals surface area contributed by atoms with E-state index in [-0.39, 0.29) is 0 Å². The van der Waals surface area contributed by atoms with E-state index in [2.05, 4.69) is 40.0 Å². The van der Waals surface area contributed by atoms with Crippen LogP contribution in [0.5, 0.6) is 0 Å². The molecule has 1 aromatic carbocycles. The van der Waals surface area contributed by atoms with Crippen molar-refractivity contribution in [2.24, 2.45) is 5.92 Å². The van der Waals surface area contributed by atoms with E-state index in [4.69, 9.17) is 4.42 Å². The summed E-state index contributed by atoms with van der Waals surface area (Å²) >= 11 is 5.30. The van der Waals surface area contributed by atoms with Crippen molar-refractivity contribution >= 4 is 27.7 Å². The van der Waals surface area contributed by atoms with Gasteiger partial charge < -0.3 is 4.42 Å². The van der Waals surface area contributed by atoms with Crippen molar-refractivity contribution in [2.75, 3.05) is 5.75 Å². The molecular formula is C13H15BrN2OS. The minimum atomic E-state index is 0.572. The normalized spacial score (nSPS) is 11.1. The van der Waals surface area contributed by atoms with Gasteiger partial charge in [-0.2, -0.15) is 11.8 Å². The highest BCUT2D eigenvalue weighted by Gasteiger charge is 2.11. The van der Waals surface area contributed by atoms with Gasteiger partial charge >= 0.3 is 0 Å². The Bertz CT molecular complexity index is 513. The fraction of sp³-hybridized carbons (Fsp3) is 0.385. The summed E-state index contributed by atoms with van der Waals surface area (Å²) in [5, 5.41) is 8.16. The molecule has 0 atom stereocenters. The van der Waals surface area contributed by atoms with E-state index in [9.17, 15) is 0 Å². The SMILES string of the molecule is CC(C)CSCc1nnc(-c2ccccc2Br)o1. The molecule has 0 spiro atoms. The van der Waals surface area contributed by atoms with Gasteiger partial charge in [0.05, 0.1) is 11.3 Å². The zero-order chi connectivity index (χ0) is 13.0. The van der Waals surface area contributed by atoms with Crippen molar-refractivity contribution < 1.29 is 4.42 Å². The predicted octanol–water partition coefficient (Wildman–Crippen LogP) is 4.39. The summed E-state index contributed by atoms with van der Waals surface area (Å²) in [6.07, 6.45) is 0. The molecule has 0 saturated carbocycles. The van der Waals surface area contributed by atoms with Crippen LogP contribution in [0, 0.1) is 5.92 Å². The van der Waals surface area contributed by atoms with Gasteiger partial charge in [-0.05, 0) is 39.7 Å². The number of nitrogens with zero attached hydrogens (tertiary/aromatic N) is 2. The summed E-state index contributed by atoms with van der Waals surface area (Å²) in [5.74, 6) is 3.82. The van der Waals surface area contributed by atoms with Crippen LogP contribution >= 0.6 is 27.7 Å². The van der Waals surface area contributed by atoms with Crippen LogP contribution in [-0.4, -0.2) is 16.0 Å². The average molecular weight is 327 g/mol. The maximum absolute atomic E-state index is 5.66. The van der Waals surface area contributed by atoms with Gasteiger partial charge in [0, 0.05) is 4.47 Å². The Hall–Kier alpha value is -0.810. The number of hydrogen-bond acceptors (Lipinski definition) is 4. The van der Waals surface area contributed by atoms with Gasteiger partial charge in [-0.3, -0.25) is 0 Å². The Labute approximate surface area is 120 Å². The van der Waals surface area contributed by atoms with E-state index in [1.165, 1.54) is 0 Å². The molecule has 3 nitrogen and oxygen atoms in total. The third-order valence-corrected chi connectivity index (χ3v) is 4.29. The number of halogens is 1. The molecule has 2 aromatic rings. The molecule has 96 valence electrons. The van der Waals surface area contributed by atoms with Crippen LogP contribution in [0.15, 0.2) is 33.2 Å². The van der Waals surface area contributed by atoms with Crippen LogP contribution in [0.1, 0.15) is 19.7 Å². The van der Waals surface area contributed by atoms with Crippen molar-refractivity contribution in [2.45, 2.75) is 19.6 Å². The highest BCUT2D eigenvalue weighted by molar-refractivity contribution is 9.10. The molecule has 0 N–H and O–H groups in total. The molecule has 5 heteroatoms. The maximum atomic E-state index is 5.66. The van der Waals surface area contributed by atoms with Crippen LogP contribution in [0.3, 0.4) is 0 Å². The minimum absolute atomic E-state index is 0.572. The molecule has 0 radical (unpaired) electrons. The highest BCUT2D eigenvalue weighted by atomic mass is 79.9. The van der Waals surface area contributed by atoms with E-state index in [0.29, 0.717) is 17.7 Å². The quantitative estimate of drug-likeness (QED) is 0.816. The first-order valence-electron chi connectivity index (χ1n) is 5.82. The van der Waals surface area contributed by atoms with Crippen LogP contribution < -0.4 is 0 Å². The van der Waals surface area contributed by atoms with E-state index in [0.717, 1.165) is 21.5 Å². The number of aromatic nitrogens is 2. The first kappa shape index (κ1) is 13.6. The molecule has 0 aliphatic rings. The van der Waals surface area contributed by atoms with Crippen LogP contribution in [0.2, 0.25) is 0 Å². The fourth-order valence-corrected chi connectivity index (χ4v) is 2.77. The molecule has 0 amide bonds. The summed E-state index contributed by atoms with van der Waals surface area (Å²) < 4.78 is 6.63. The number of rotatable bonds is 5. The molecule has 18 heavy (non-hydrogen) atoms. The van der Waals surface area contributed by atoms with Gasteiger partial charge in [0.15, 0.2) is 0 Å². The van der Waals surface area contributed by atoms with E-state index < -0.39 is 0 Å². The lowest BCUT2D eigenvalue weighted by Gasteiger charge is -2.01. The molecular weight excluding hydrogens is 312 g/mol. The first-order chi connectivity index (χ1) is 8.66. The lowest BCUT2D eigenvalue weighted by Crippen LogP contribution is -1.91. The summed E-state index contributed by atoms with van der Waals surface area (Å²) in [5.41, 5.74) is 0.935. The smallest absolute Gasteiger partial charge is 0.248 e. The summed E-state index contributed by atoms with van der Waals surface area (Å²) in [7, 11) is 0. The fourth-order valence-electron chi connectivity index (χ4n) is 1.44. The zero-order valence-corrected chi connectivity index (χ0v) is 12.8. The van der Waals surface area contributed by atoms with Gasteiger partial charge in [-0.1, -0.05) is 26.0 Å². The summed E-state index contributed by atoms with van der Waals surface area (Å²) in [6, 6.07) is 7.84. The number of hydrogen-bond donors (Lipinski definition) is 0. The average Bonchev–Trinajstić information content (AvgIpc) is 2.78. The van der Waals surface area contributed by atoms with Crippen molar-refractivity contribution in [1.29, 1.82) is 0 Å². The Morgan fingerprint density at radius 1 is 1.28 bits per heavy atom. The molecule has 1 heterocycles. The van der Waals surface area contributed by atoms with Crippen molar-refractivity contribution in [3.63, 3.8) is 0 Å². The highest BCUT2D eigenvalue weighted by Crippen LogP contribution is 2.27. The third kappa shape index (κ3) is 3.59. The van der Waals surface area contributed by atoms with E-state index >= 15 is 0 Å². The number of thioether (sulfide) groups is 1. The second-order valence-corrected chi connectivity index (χ2v) is 6.27. The lowest BCUT2D eigenvalue weighted by molar-refractivity contribution is 0.528. The molecule has 1 aromatic heterocycles. The Morgan fingerprint density at radius 3 is 2.78 bits per heavy atom. The van der Waals surface area contributed by atoms with Crippen LogP contribution in [0.25, 0.3) is 11.5 Å². The Kier molecular flexibility index (Phi) is 4.83. The van der Waals surface area contributed by atoms with Gasteiger partial charge in [-0.15, -0.1) is 10.2 Å². The zero-order valence-electron chi connectivity index (χ0n) is 10.4. The third-order valence-electron chi connectivity index (χ3n) is 2.25. The van der Waals surface area contributed by atoms with Crippen molar-refractivity contribution in [3.8, 4) is 11.5 Å². The van der Waals surface area contributed by atoms with Gasteiger partial charge in [0.1, 0.15) is 0 Å². The lowest BCUT2D eigenvalue weighted by atomic mass is 10.2. The molecule has 0 aliphatic carbocycles. The number of benzene rings is 1. The molecule has 0 unspecified atom stereocenters. The molecule has 0 bridgehead atoms. The minimum Gasteiger partial charge on any atom is -0.420 e. The first-order valence-corrected chi connectivity index (χ1v) is 7.76. The van der Waals surface area contributed by atoms with Crippen LogP contribution in [0.4, 0.5) is 0 Å². The van der Waals surface area contributed by atoms with Gasteiger partial charge in [0.25, 0.3) is 0 Å². The molecule has 2 rings (SSSR count). The Balaban J connectivity index is 2.04. The largest absolute Gasteiger partial charge is 0.420 e. The second kappa shape index (κ2) is 6.38. The Morgan fingerprint density at radius 2 is 2.06 bits per heavy atom. The molecule has 0 saturated heterocycles. The topological polar surface area (TPSA) is 38.9 Å². The van der Waals surface area contributed by atoms with Crippen LogP contribution in [-0.2, 0) is 5.75 Å². The van der Waals surface area contributed by atoms with Gasteiger partial charge in [0.2, 0.25) is 11.8 Å². The van der Waals surface area contributed by atoms with Crippen molar-refractivity contribution in [3.05, 3.63) is 34.6 Å². The molecule has 0 fully saturated rings. The monoisotopic (exact) mass is 326 g/mol. The summed E-state index contributed by atoms with van der Waals surface area (Å²) in [6.45, 7) is 4.40. The van der Waals surface area contributed by atoms with E-state index in [1.807, 2.05) is 36.0 Å².